The smallest absolute Gasteiger partial charge is 0.168 e. The van der Waals surface area contributed by atoms with Crippen LogP contribution in [0.1, 0.15) is 82.6 Å². The topological polar surface area (TPSA) is 50.1 Å². The van der Waals surface area contributed by atoms with Crippen LogP contribution in [-0.4, -0.2) is 62.2 Å². The Hall–Kier alpha value is -1.01. The molecule has 1 atom stereocenters. The van der Waals surface area contributed by atoms with Crippen molar-refractivity contribution in [1.82, 2.24) is 30.0 Å². The van der Waals surface area contributed by atoms with Gasteiger partial charge in [-0.25, -0.2) is 4.68 Å². The highest BCUT2D eigenvalue weighted by Gasteiger charge is 2.32. The van der Waals surface area contributed by atoms with E-state index >= 15 is 0 Å². The Morgan fingerprint density at radius 1 is 0.917 bits per heavy atom. The molecular weight excluding hydrogens is 300 g/mol. The van der Waals surface area contributed by atoms with Crippen LogP contribution in [0.2, 0.25) is 0 Å². The van der Waals surface area contributed by atoms with E-state index in [-0.39, 0.29) is 0 Å². The van der Waals surface area contributed by atoms with Crippen molar-refractivity contribution in [3.63, 3.8) is 0 Å². The molecule has 1 aliphatic heterocycles. The molecule has 3 aliphatic rings. The average molecular weight is 332 g/mol. The maximum atomic E-state index is 4.45. The van der Waals surface area contributed by atoms with E-state index in [1.165, 1.54) is 64.5 Å². The van der Waals surface area contributed by atoms with Gasteiger partial charge in [-0.3, -0.25) is 9.80 Å². The predicted molar refractivity (Wildman–Crippen MR) is 93.8 cm³/mol. The fraction of sp³-hybridized carbons (Fsp3) is 0.944. The molecule has 0 N–H and O–H groups in total. The summed E-state index contributed by atoms with van der Waals surface area (Å²) >= 11 is 0. The third-order valence-corrected chi connectivity index (χ3v) is 6.50. The largest absolute Gasteiger partial charge is 0.298 e. The van der Waals surface area contributed by atoms with Crippen molar-refractivity contribution in [2.24, 2.45) is 0 Å². The number of rotatable bonds is 5. The highest BCUT2D eigenvalue weighted by atomic mass is 15.6. The van der Waals surface area contributed by atoms with Crippen LogP contribution in [0.5, 0.6) is 0 Å². The van der Waals surface area contributed by atoms with Crippen LogP contribution >= 0.6 is 0 Å². The van der Waals surface area contributed by atoms with E-state index in [1.54, 1.807) is 0 Å². The van der Waals surface area contributed by atoms with Gasteiger partial charge in [-0.2, -0.15) is 0 Å². The summed E-state index contributed by atoms with van der Waals surface area (Å²) in [6.45, 7) is 7.03. The zero-order chi connectivity index (χ0) is 16.4. The first kappa shape index (κ1) is 16.5. The molecule has 1 aromatic heterocycles. The molecule has 4 rings (SSSR count). The Labute approximate surface area is 145 Å². The summed E-state index contributed by atoms with van der Waals surface area (Å²) in [6.07, 6.45) is 11.9. The molecule has 1 aromatic rings. The van der Waals surface area contributed by atoms with E-state index in [9.17, 15) is 0 Å². The third kappa shape index (κ3) is 3.23. The zero-order valence-corrected chi connectivity index (χ0v) is 15.1. The minimum atomic E-state index is 0.381. The number of aromatic nitrogens is 4. The maximum absolute atomic E-state index is 4.45. The standard InChI is InChI=1S/C18H32N6/c1-2-17(18-19-20-21-24(18)16-9-5-6-10-16)23-13-11-22(12-14-23)15-7-3-4-8-15/h15-17H,2-14H2,1H3/t17-/m1/s1. The van der Waals surface area contributed by atoms with Gasteiger partial charge >= 0.3 is 0 Å². The number of hydrogen-bond donors (Lipinski definition) is 0. The lowest BCUT2D eigenvalue weighted by molar-refractivity contribution is 0.0638. The Morgan fingerprint density at radius 3 is 2.17 bits per heavy atom. The van der Waals surface area contributed by atoms with Gasteiger partial charge in [-0.05, 0) is 42.5 Å². The summed E-state index contributed by atoms with van der Waals surface area (Å²) in [7, 11) is 0. The number of hydrogen-bond acceptors (Lipinski definition) is 5. The first-order chi connectivity index (χ1) is 11.9. The van der Waals surface area contributed by atoms with Crippen molar-refractivity contribution in [1.29, 1.82) is 0 Å². The van der Waals surface area contributed by atoms with Crippen molar-refractivity contribution in [3.8, 4) is 0 Å². The third-order valence-electron chi connectivity index (χ3n) is 6.50. The molecule has 0 radical (unpaired) electrons. The molecule has 2 heterocycles. The molecule has 24 heavy (non-hydrogen) atoms. The molecule has 3 fully saturated rings. The van der Waals surface area contributed by atoms with Gasteiger partial charge in [-0.15, -0.1) is 5.10 Å². The molecular formula is C18H32N6. The fourth-order valence-electron chi connectivity index (χ4n) is 5.12. The maximum Gasteiger partial charge on any atom is 0.168 e. The normalized spacial score (nSPS) is 26.4. The lowest BCUT2D eigenvalue weighted by atomic mass is 10.1. The molecule has 0 spiro atoms. The summed E-state index contributed by atoms with van der Waals surface area (Å²) < 4.78 is 2.16. The van der Waals surface area contributed by atoms with E-state index in [2.05, 4.69) is 36.9 Å². The molecule has 1 saturated heterocycles. The SMILES string of the molecule is CC[C@H](c1nnnn1C1CCCC1)N1CCN(C2CCCC2)CC1. The summed E-state index contributed by atoms with van der Waals surface area (Å²) in [5, 5.41) is 12.8. The number of tetrazole rings is 1. The van der Waals surface area contributed by atoms with Gasteiger partial charge in [0.05, 0.1) is 12.1 Å². The van der Waals surface area contributed by atoms with Gasteiger partial charge in [-0.1, -0.05) is 32.6 Å². The molecule has 0 unspecified atom stereocenters. The van der Waals surface area contributed by atoms with Crippen LogP contribution in [0.3, 0.4) is 0 Å². The van der Waals surface area contributed by atoms with E-state index in [0.29, 0.717) is 12.1 Å². The molecule has 6 heteroatoms. The van der Waals surface area contributed by atoms with E-state index in [0.717, 1.165) is 31.4 Å². The van der Waals surface area contributed by atoms with Crippen molar-refractivity contribution >= 4 is 0 Å². The Bertz CT molecular complexity index is 509. The predicted octanol–water partition coefficient (Wildman–Crippen LogP) is 2.80. The lowest BCUT2D eigenvalue weighted by Gasteiger charge is -2.41. The zero-order valence-electron chi connectivity index (χ0n) is 15.1. The van der Waals surface area contributed by atoms with Crippen LogP contribution in [-0.2, 0) is 0 Å². The minimum absolute atomic E-state index is 0.381. The Balaban J connectivity index is 1.42. The van der Waals surface area contributed by atoms with Crippen LogP contribution in [0.15, 0.2) is 0 Å². The van der Waals surface area contributed by atoms with Crippen LogP contribution in [0.25, 0.3) is 0 Å². The summed E-state index contributed by atoms with van der Waals surface area (Å²) in [4.78, 5) is 5.36. The van der Waals surface area contributed by atoms with Gasteiger partial charge in [0.25, 0.3) is 0 Å². The first-order valence-electron chi connectivity index (χ1n) is 10.1. The minimum Gasteiger partial charge on any atom is -0.298 e. The number of piperazine rings is 1. The quantitative estimate of drug-likeness (QED) is 0.830. The second kappa shape index (κ2) is 7.48. The van der Waals surface area contributed by atoms with Crippen LogP contribution in [0, 0.1) is 0 Å². The van der Waals surface area contributed by atoms with Gasteiger partial charge in [0.1, 0.15) is 0 Å². The second-order valence-electron chi connectivity index (χ2n) is 7.85. The highest BCUT2D eigenvalue weighted by Crippen LogP contribution is 2.33. The molecule has 2 aliphatic carbocycles. The summed E-state index contributed by atoms with van der Waals surface area (Å²) in [5.74, 6) is 1.11. The second-order valence-corrected chi connectivity index (χ2v) is 7.85. The number of nitrogens with zero attached hydrogens (tertiary/aromatic N) is 6. The molecule has 0 amide bonds. The Morgan fingerprint density at radius 2 is 1.54 bits per heavy atom. The van der Waals surface area contributed by atoms with E-state index in [4.69, 9.17) is 0 Å². The fourth-order valence-corrected chi connectivity index (χ4v) is 5.12. The summed E-state index contributed by atoms with van der Waals surface area (Å²) in [5.41, 5.74) is 0. The molecule has 0 aromatic carbocycles. The van der Waals surface area contributed by atoms with Crippen molar-refractivity contribution in [2.75, 3.05) is 26.2 Å². The van der Waals surface area contributed by atoms with Crippen molar-refractivity contribution in [3.05, 3.63) is 5.82 Å². The Kier molecular flexibility index (Phi) is 5.13. The van der Waals surface area contributed by atoms with Gasteiger partial charge in [0, 0.05) is 32.2 Å². The molecule has 6 nitrogen and oxygen atoms in total. The average Bonchev–Trinajstić information content (AvgIpc) is 3.37. The van der Waals surface area contributed by atoms with Crippen LogP contribution < -0.4 is 0 Å². The van der Waals surface area contributed by atoms with E-state index < -0.39 is 0 Å². The van der Waals surface area contributed by atoms with Gasteiger partial charge < -0.3 is 0 Å². The lowest BCUT2D eigenvalue weighted by Crippen LogP contribution is -2.50. The molecule has 134 valence electrons. The molecule has 0 bridgehead atoms. The van der Waals surface area contributed by atoms with Crippen LogP contribution in [0.4, 0.5) is 0 Å². The first-order valence-corrected chi connectivity index (χ1v) is 10.1. The van der Waals surface area contributed by atoms with Crippen molar-refractivity contribution < 1.29 is 0 Å². The monoisotopic (exact) mass is 332 g/mol. The highest BCUT2D eigenvalue weighted by molar-refractivity contribution is 4.97. The van der Waals surface area contributed by atoms with Gasteiger partial charge in [0.15, 0.2) is 5.82 Å². The van der Waals surface area contributed by atoms with E-state index in [1.807, 2.05) is 0 Å². The van der Waals surface area contributed by atoms with Gasteiger partial charge in [0.2, 0.25) is 0 Å². The van der Waals surface area contributed by atoms with Crippen molar-refractivity contribution in [2.45, 2.75) is 82.8 Å². The molecule has 2 saturated carbocycles. The summed E-state index contributed by atoms with van der Waals surface area (Å²) in [6, 6.07) is 1.77.